The molecule has 0 amide bonds. The molecule has 162 valence electrons. The molecule has 0 spiro atoms. The maximum atomic E-state index is 10.4. The molecule has 0 unspecified atom stereocenters. The Kier molecular flexibility index (Phi) is 7.64. The van der Waals surface area contributed by atoms with Gasteiger partial charge in [0.15, 0.2) is 0 Å². The maximum Gasteiger partial charge on any atom is 0.127 e. The number of aliphatic hydroxyl groups is 1. The van der Waals surface area contributed by atoms with Gasteiger partial charge in [-0.2, -0.15) is 0 Å². The van der Waals surface area contributed by atoms with Gasteiger partial charge in [0.25, 0.3) is 0 Å². The summed E-state index contributed by atoms with van der Waals surface area (Å²) in [7, 11) is 0. The highest BCUT2D eigenvalue weighted by molar-refractivity contribution is 5.83. The van der Waals surface area contributed by atoms with Crippen molar-refractivity contribution in [1.29, 1.82) is 0 Å². The van der Waals surface area contributed by atoms with Gasteiger partial charge in [-0.1, -0.05) is 88.4 Å². The van der Waals surface area contributed by atoms with Gasteiger partial charge in [0.2, 0.25) is 0 Å². The van der Waals surface area contributed by atoms with Crippen LogP contribution < -0.4 is 4.74 Å². The molecule has 3 heteroatoms. The molecule has 0 bridgehead atoms. The lowest BCUT2D eigenvalue weighted by molar-refractivity contribution is 0.279. The van der Waals surface area contributed by atoms with Gasteiger partial charge in [-0.3, -0.25) is 4.98 Å². The minimum absolute atomic E-state index is 0.0637. The Balaban J connectivity index is 2.24. The summed E-state index contributed by atoms with van der Waals surface area (Å²) in [5.74, 6) is 1.27. The average Bonchev–Trinajstić information content (AvgIpc) is 2.78. The Morgan fingerprint density at radius 1 is 0.903 bits per heavy atom. The van der Waals surface area contributed by atoms with E-state index in [0.29, 0.717) is 6.61 Å². The second kappa shape index (κ2) is 10.4. The van der Waals surface area contributed by atoms with Crippen LogP contribution in [-0.2, 0) is 13.2 Å². The van der Waals surface area contributed by atoms with Crippen molar-refractivity contribution in [3.8, 4) is 16.9 Å². The molecule has 1 heterocycles. The summed E-state index contributed by atoms with van der Waals surface area (Å²) in [4.78, 5) is 5.02. The van der Waals surface area contributed by atoms with E-state index >= 15 is 0 Å². The van der Waals surface area contributed by atoms with Crippen molar-refractivity contribution in [2.45, 2.75) is 59.7 Å². The van der Waals surface area contributed by atoms with Crippen molar-refractivity contribution in [2.24, 2.45) is 0 Å². The highest BCUT2D eigenvalue weighted by atomic mass is 16.5. The van der Waals surface area contributed by atoms with Crippen molar-refractivity contribution < 1.29 is 9.84 Å². The van der Waals surface area contributed by atoms with Crippen LogP contribution in [0.3, 0.4) is 0 Å². The first-order valence-electron chi connectivity index (χ1n) is 11.0. The first-order chi connectivity index (χ1) is 15.0. The van der Waals surface area contributed by atoms with Gasteiger partial charge in [-0.05, 0) is 30.4 Å². The molecule has 3 nitrogen and oxygen atoms in total. The molecular formula is C28H33NO2. The van der Waals surface area contributed by atoms with Crippen molar-refractivity contribution in [3.63, 3.8) is 0 Å². The number of pyridine rings is 1. The summed E-state index contributed by atoms with van der Waals surface area (Å²) in [5, 5.41) is 10.4. The Morgan fingerprint density at radius 2 is 1.55 bits per heavy atom. The minimum atomic E-state index is -0.0637. The van der Waals surface area contributed by atoms with Crippen LogP contribution >= 0.6 is 0 Å². The van der Waals surface area contributed by atoms with Crippen LogP contribution in [0.4, 0.5) is 0 Å². The Hall–Kier alpha value is -2.91. The highest BCUT2D eigenvalue weighted by Crippen LogP contribution is 2.41. The Morgan fingerprint density at radius 3 is 2.16 bits per heavy atom. The third-order valence-corrected chi connectivity index (χ3v) is 5.38. The predicted octanol–water partition coefficient (Wildman–Crippen LogP) is 7.10. The minimum Gasteiger partial charge on any atom is -0.488 e. The van der Waals surface area contributed by atoms with E-state index in [-0.39, 0.29) is 18.4 Å². The molecule has 0 saturated carbocycles. The quantitative estimate of drug-likeness (QED) is 0.427. The molecule has 0 radical (unpaired) electrons. The zero-order valence-corrected chi connectivity index (χ0v) is 19.2. The maximum absolute atomic E-state index is 10.4. The lowest BCUT2D eigenvalue weighted by atomic mass is 9.87. The monoisotopic (exact) mass is 415 g/mol. The number of aliphatic hydroxyl groups excluding tert-OH is 1. The molecule has 3 aromatic rings. The fourth-order valence-electron chi connectivity index (χ4n) is 3.93. The van der Waals surface area contributed by atoms with Crippen LogP contribution in [0.25, 0.3) is 17.2 Å². The molecule has 0 saturated heterocycles. The van der Waals surface area contributed by atoms with Crippen LogP contribution in [0.5, 0.6) is 5.75 Å². The summed E-state index contributed by atoms with van der Waals surface area (Å²) < 4.78 is 6.28. The normalized spacial score (nSPS) is 11.6. The van der Waals surface area contributed by atoms with Crippen LogP contribution in [0, 0.1) is 0 Å². The van der Waals surface area contributed by atoms with E-state index in [1.54, 1.807) is 0 Å². The van der Waals surface area contributed by atoms with Gasteiger partial charge >= 0.3 is 0 Å². The Bertz CT molecular complexity index is 1040. The SMILES string of the molecule is CC=Cc1c(C(C)C)nc(C(C)C)c(CO)c1-c1ccccc1OCc1ccccc1. The predicted molar refractivity (Wildman–Crippen MR) is 129 cm³/mol. The van der Waals surface area contributed by atoms with E-state index in [2.05, 4.69) is 52.0 Å². The van der Waals surface area contributed by atoms with Gasteiger partial charge in [-0.25, -0.2) is 0 Å². The van der Waals surface area contributed by atoms with Gasteiger partial charge in [0.1, 0.15) is 12.4 Å². The second-order valence-corrected chi connectivity index (χ2v) is 8.39. The summed E-state index contributed by atoms with van der Waals surface area (Å²) in [6.45, 7) is 11.0. The van der Waals surface area contributed by atoms with E-state index in [1.165, 1.54) is 0 Å². The number of benzene rings is 2. The molecule has 2 aromatic carbocycles. The largest absolute Gasteiger partial charge is 0.488 e. The number of aromatic nitrogens is 1. The third-order valence-electron chi connectivity index (χ3n) is 5.38. The number of hydrogen-bond donors (Lipinski definition) is 1. The molecule has 0 aliphatic carbocycles. The lowest BCUT2D eigenvalue weighted by Crippen LogP contribution is -2.11. The van der Waals surface area contributed by atoms with Gasteiger partial charge in [0, 0.05) is 27.9 Å². The van der Waals surface area contributed by atoms with Crippen LogP contribution in [0.1, 0.15) is 74.5 Å². The zero-order chi connectivity index (χ0) is 22.4. The highest BCUT2D eigenvalue weighted by Gasteiger charge is 2.24. The topological polar surface area (TPSA) is 42.4 Å². The first kappa shape index (κ1) is 22.8. The number of hydrogen-bond acceptors (Lipinski definition) is 3. The number of para-hydroxylation sites is 1. The average molecular weight is 416 g/mol. The molecule has 0 aliphatic rings. The first-order valence-corrected chi connectivity index (χ1v) is 11.0. The van der Waals surface area contributed by atoms with Gasteiger partial charge < -0.3 is 9.84 Å². The molecule has 1 N–H and O–H groups in total. The smallest absolute Gasteiger partial charge is 0.127 e. The van der Waals surface area contributed by atoms with E-state index in [9.17, 15) is 5.11 Å². The molecule has 3 rings (SSSR count). The van der Waals surface area contributed by atoms with E-state index < -0.39 is 0 Å². The number of allylic oxidation sites excluding steroid dienone is 1. The summed E-state index contributed by atoms with van der Waals surface area (Å²) >= 11 is 0. The van der Waals surface area contributed by atoms with Gasteiger partial charge in [-0.15, -0.1) is 0 Å². The lowest BCUT2D eigenvalue weighted by Gasteiger charge is -2.24. The summed E-state index contributed by atoms with van der Waals surface area (Å²) in [6, 6.07) is 18.3. The number of ether oxygens (including phenoxy) is 1. The van der Waals surface area contributed by atoms with Crippen LogP contribution in [0.2, 0.25) is 0 Å². The van der Waals surface area contributed by atoms with Crippen LogP contribution in [0.15, 0.2) is 60.7 Å². The van der Waals surface area contributed by atoms with Crippen molar-refractivity contribution in [2.75, 3.05) is 0 Å². The summed E-state index contributed by atoms with van der Waals surface area (Å²) in [6.07, 6.45) is 4.14. The fraction of sp³-hybridized carbons (Fsp3) is 0.321. The zero-order valence-electron chi connectivity index (χ0n) is 19.2. The van der Waals surface area contributed by atoms with Crippen molar-refractivity contribution in [3.05, 3.63) is 88.8 Å². The fourth-order valence-corrected chi connectivity index (χ4v) is 3.93. The van der Waals surface area contributed by atoms with Crippen molar-refractivity contribution >= 4 is 6.08 Å². The number of nitrogens with zero attached hydrogens (tertiary/aromatic N) is 1. The molecule has 1 aromatic heterocycles. The molecule has 0 fully saturated rings. The van der Waals surface area contributed by atoms with Crippen LogP contribution in [-0.4, -0.2) is 10.1 Å². The molecular weight excluding hydrogens is 382 g/mol. The summed E-state index contributed by atoms with van der Waals surface area (Å²) in [5.41, 5.74) is 7.06. The molecule has 0 aliphatic heterocycles. The third kappa shape index (κ3) is 5.05. The van der Waals surface area contributed by atoms with E-state index in [0.717, 1.165) is 45.0 Å². The van der Waals surface area contributed by atoms with E-state index in [1.807, 2.05) is 49.4 Å². The second-order valence-electron chi connectivity index (χ2n) is 8.39. The van der Waals surface area contributed by atoms with Crippen molar-refractivity contribution in [1.82, 2.24) is 4.98 Å². The Labute approximate surface area is 186 Å². The van der Waals surface area contributed by atoms with Gasteiger partial charge in [0.05, 0.1) is 12.3 Å². The van der Waals surface area contributed by atoms with E-state index in [4.69, 9.17) is 9.72 Å². The number of rotatable bonds is 8. The standard InChI is InChI=1S/C28H33NO2/c1-6-12-23-26(24(17-30)28(20(4)5)29-27(23)19(2)3)22-15-10-11-16-25(22)31-18-21-13-8-7-9-14-21/h6-16,19-20,30H,17-18H2,1-5H3. The molecule has 31 heavy (non-hydrogen) atoms. The molecule has 0 atom stereocenters.